The van der Waals surface area contributed by atoms with E-state index < -0.39 is 17.7 Å². The average molecular weight is 354 g/mol. The number of carbonyl (C=O) groups excluding carboxylic acids is 2. The lowest BCUT2D eigenvalue weighted by Gasteiger charge is -2.20. The Kier molecular flexibility index (Phi) is 5.45. The fraction of sp³-hybridized carbons (Fsp3) is 0.643. The van der Waals surface area contributed by atoms with Crippen molar-refractivity contribution in [2.24, 2.45) is 0 Å². The number of hydrogen-bond acceptors (Lipinski definition) is 6. The Morgan fingerprint density at radius 2 is 2.08 bits per heavy atom. The first-order chi connectivity index (χ1) is 11.7. The number of amides is 3. The van der Waals surface area contributed by atoms with E-state index in [1.165, 1.54) is 4.68 Å². The molecule has 2 heterocycles. The molecule has 0 atom stereocenters. The molecule has 1 fully saturated rings. The molecule has 1 aromatic rings. The number of alkyl carbamates (subject to hydrolysis) is 1. The van der Waals surface area contributed by atoms with E-state index >= 15 is 0 Å². The van der Waals surface area contributed by atoms with E-state index in [2.05, 4.69) is 20.9 Å². The molecule has 0 spiro atoms. The van der Waals surface area contributed by atoms with Gasteiger partial charge >= 0.3 is 18.1 Å². The molecule has 1 saturated heterocycles. The third-order valence-corrected chi connectivity index (χ3v) is 3.37. The van der Waals surface area contributed by atoms with Gasteiger partial charge in [0.05, 0.1) is 18.8 Å². The summed E-state index contributed by atoms with van der Waals surface area (Å²) < 4.78 is 6.49. The second kappa shape index (κ2) is 7.36. The number of nitrogens with one attached hydrogen (secondary N) is 2. The molecule has 1 aliphatic rings. The zero-order valence-corrected chi connectivity index (χ0v) is 14.4. The predicted octanol–water partition coefficient (Wildman–Crippen LogP) is 0.0262. The summed E-state index contributed by atoms with van der Waals surface area (Å²) in [4.78, 5) is 36.2. The number of carboxylic acids is 1. The van der Waals surface area contributed by atoms with Crippen molar-refractivity contribution in [3.8, 4) is 0 Å². The van der Waals surface area contributed by atoms with Crippen LogP contribution in [0, 0.1) is 0 Å². The molecule has 0 aromatic carbocycles. The minimum absolute atomic E-state index is 0.101. The van der Waals surface area contributed by atoms with Gasteiger partial charge in [-0.05, 0) is 20.8 Å². The van der Waals surface area contributed by atoms with Crippen LogP contribution >= 0.6 is 0 Å². The Morgan fingerprint density at radius 3 is 2.64 bits per heavy atom. The van der Waals surface area contributed by atoms with Crippen LogP contribution in [0.1, 0.15) is 37.0 Å². The molecule has 0 aliphatic carbocycles. The second-order valence-corrected chi connectivity index (χ2v) is 6.49. The minimum Gasteiger partial charge on any atom is -0.476 e. The summed E-state index contributed by atoms with van der Waals surface area (Å²) in [6.45, 7) is 6.84. The fourth-order valence-corrected chi connectivity index (χ4v) is 2.26. The van der Waals surface area contributed by atoms with Crippen LogP contribution in [0.5, 0.6) is 0 Å². The smallest absolute Gasteiger partial charge is 0.407 e. The number of urea groups is 1. The van der Waals surface area contributed by atoms with Crippen molar-refractivity contribution in [3.05, 3.63) is 11.4 Å². The van der Waals surface area contributed by atoms with E-state index in [1.807, 2.05) is 0 Å². The maximum atomic E-state index is 11.8. The van der Waals surface area contributed by atoms with Gasteiger partial charge in [-0.15, -0.1) is 5.10 Å². The van der Waals surface area contributed by atoms with Gasteiger partial charge in [-0.3, -0.25) is 0 Å². The Morgan fingerprint density at radius 1 is 1.36 bits per heavy atom. The van der Waals surface area contributed by atoms with E-state index in [1.54, 1.807) is 25.7 Å². The van der Waals surface area contributed by atoms with Gasteiger partial charge in [-0.25, -0.2) is 19.1 Å². The van der Waals surface area contributed by atoms with Crippen LogP contribution in [0.25, 0.3) is 0 Å². The monoisotopic (exact) mass is 354 g/mol. The molecule has 1 aromatic heterocycles. The van der Waals surface area contributed by atoms with Crippen molar-refractivity contribution in [1.29, 1.82) is 0 Å². The summed E-state index contributed by atoms with van der Waals surface area (Å²) in [7, 11) is 0. The highest BCUT2D eigenvalue weighted by molar-refractivity contribution is 5.86. The number of nitrogens with zero attached hydrogens (tertiary/aromatic N) is 4. The van der Waals surface area contributed by atoms with Crippen LogP contribution in [0.15, 0.2) is 0 Å². The van der Waals surface area contributed by atoms with Gasteiger partial charge in [-0.1, -0.05) is 5.21 Å². The standard InChI is InChI=1S/C14H22N6O5/c1-14(2,3)25-13(24)16-8-9-10(11(21)22)17-18-20(9)7-6-19-5-4-15-12(19)23/h4-8H2,1-3H3,(H,15,23)(H,16,24)(H,21,22). The third kappa shape index (κ3) is 5.06. The summed E-state index contributed by atoms with van der Waals surface area (Å²) in [5.74, 6) is -1.24. The van der Waals surface area contributed by atoms with Crippen LogP contribution in [-0.2, 0) is 17.8 Å². The summed E-state index contributed by atoms with van der Waals surface area (Å²) in [6.07, 6.45) is -0.671. The topological polar surface area (TPSA) is 139 Å². The Bertz CT molecular complexity index is 665. The number of carbonyl (C=O) groups is 3. The lowest BCUT2D eigenvalue weighted by molar-refractivity contribution is 0.0519. The zero-order chi connectivity index (χ0) is 18.6. The molecule has 1 aliphatic heterocycles. The van der Waals surface area contributed by atoms with E-state index in [0.29, 0.717) is 19.6 Å². The molecule has 11 heteroatoms. The van der Waals surface area contributed by atoms with Crippen molar-refractivity contribution >= 4 is 18.1 Å². The SMILES string of the molecule is CC(C)(C)OC(=O)NCc1c(C(=O)O)nnn1CCN1CCNC1=O. The van der Waals surface area contributed by atoms with Crippen LogP contribution in [0.3, 0.4) is 0 Å². The van der Waals surface area contributed by atoms with Crippen molar-refractivity contribution in [3.63, 3.8) is 0 Å². The van der Waals surface area contributed by atoms with Crippen molar-refractivity contribution < 1.29 is 24.2 Å². The summed E-state index contributed by atoms with van der Waals surface area (Å²) >= 11 is 0. The largest absolute Gasteiger partial charge is 0.476 e. The number of ether oxygens (including phenoxy) is 1. The normalized spacial score (nSPS) is 14.4. The van der Waals surface area contributed by atoms with Crippen LogP contribution in [0.2, 0.25) is 0 Å². The van der Waals surface area contributed by atoms with Gasteiger partial charge in [0.2, 0.25) is 0 Å². The molecule has 3 amide bonds. The lowest BCUT2D eigenvalue weighted by Crippen LogP contribution is -2.34. The van der Waals surface area contributed by atoms with Crippen molar-refractivity contribution in [2.45, 2.75) is 39.5 Å². The molecular formula is C14H22N6O5. The Labute approximate surface area is 144 Å². The van der Waals surface area contributed by atoms with Gasteiger partial charge in [-0.2, -0.15) is 0 Å². The van der Waals surface area contributed by atoms with Crippen molar-refractivity contribution in [1.82, 2.24) is 30.5 Å². The van der Waals surface area contributed by atoms with Gasteiger partial charge in [0, 0.05) is 19.6 Å². The highest BCUT2D eigenvalue weighted by Crippen LogP contribution is 2.09. The molecule has 138 valence electrons. The molecular weight excluding hydrogens is 332 g/mol. The molecule has 0 radical (unpaired) electrons. The number of hydrogen-bond donors (Lipinski definition) is 3. The van der Waals surface area contributed by atoms with Crippen molar-refractivity contribution in [2.75, 3.05) is 19.6 Å². The van der Waals surface area contributed by atoms with Gasteiger partial charge < -0.3 is 25.4 Å². The van der Waals surface area contributed by atoms with Gasteiger partial charge in [0.25, 0.3) is 0 Å². The first-order valence-electron chi connectivity index (χ1n) is 7.82. The van der Waals surface area contributed by atoms with Crippen LogP contribution in [0.4, 0.5) is 9.59 Å². The summed E-state index contributed by atoms with van der Waals surface area (Å²) in [5, 5.41) is 21.8. The van der Waals surface area contributed by atoms with E-state index in [4.69, 9.17) is 4.74 Å². The Balaban J connectivity index is 2.03. The van der Waals surface area contributed by atoms with Crippen LogP contribution < -0.4 is 10.6 Å². The maximum Gasteiger partial charge on any atom is 0.407 e. The average Bonchev–Trinajstić information content (AvgIpc) is 3.07. The molecule has 0 bridgehead atoms. The van der Waals surface area contributed by atoms with E-state index in [9.17, 15) is 19.5 Å². The summed E-state index contributed by atoms with van der Waals surface area (Å²) in [5.41, 5.74) is -0.679. The minimum atomic E-state index is -1.24. The van der Waals surface area contributed by atoms with Crippen LogP contribution in [-0.4, -0.2) is 68.3 Å². The number of aromatic nitrogens is 3. The number of rotatable bonds is 6. The molecule has 0 unspecified atom stereocenters. The first-order valence-corrected chi connectivity index (χ1v) is 7.82. The number of aromatic carboxylic acids is 1. The van der Waals surface area contributed by atoms with E-state index in [0.717, 1.165) is 0 Å². The predicted molar refractivity (Wildman–Crippen MR) is 85.0 cm³/mol. The van der Waals surface area contributed by atoms with Gasteiger partial charge in [0.15, 0.2) is 5.69 Å². The first kappa shape index (κ1) is 18.5. The third-order valence-electron chi connectivity index (χ3n) is 3.37. The molecule has 2 rings (SSSR count). The maximum absolute atomic E-state index is 11.8. The highest BCUT2D eigenvalue weighted by Gasteiger charge is 2.23. The second-order valence-electron chi connectivity index (χ2n) is 6.49. The lowest BCUT2D eigenvalue weighted by atomic mass is 10.2. The zero-order valence-electron chi connectivity index (χ0n) is 14.4. The molecule has 11 nitrogen and oxygen atoms in total. The molecule has 3 N–H and O–H groups in total. The quantitative estimate of drug-likeness (QED) is 0.655. The van der Waals surface area contributed by atoms with Gasteiger partial charge in [0.1, 0.15) is 5.60 Å². The highest BCUT2D eigenvalue weighted by atomic mass is 16.6. The number of carboxylic acid groups (broad SMARTS) is 1. The molecule has 25 heavy (non-hydrogen) atoms. The molecule has 0 saturated carbocycles. The fourth-order valence-electron chi connectivity index (χ4n) is 2.26. The Hall–Kier alpha value is -2.85. The summed E-state index contributed by atoms with van der Waals surface area (Å²) in [6, 6.07) is -0.174. The van der Waals surface area contributed by atoms with E-state index in [-0.39, 0.29) is 30.5 Å².